The molecule has 10 heteroatoms. The minimum atomic E-state index is -0.834. The molecule has 10 bridgehead atoms. The first-order chi connectivity index (χ1) is 16.9. The predicted molar refractivity (Wildman–Crippen MR) is 114 cm³/mol. The zero-order chi connectivity index (χ0) is 24.3. The van der Waals surface area contributed by atoms with Crippen LogP contribution >= 0.6 is 0 Å². The van der Waals surface area contributed by atoms with E-state index in [1.807, 2.05) is 6.92 Å². The highest BCUT2D eigenvalue weighted by atomic mass is 16.6. The van der Waals surface area contributed by atoms with Crippen LogP contribution in [0.25, 0.3) is 0 Å². The van der Waals surface area contributed by atoms with Crippen LogP contribution in [0.4, 0.5) is 0 Å². The molecule has 0 radical (unpaired) electrons. The van der Waals surface area contributed by atoms with Gasteiger partial charge in [-0.25, -0.2) is 9.59 Å². The van der Waals surface area contributed by atoms with Gasteiger partial charge in [-0.2, -0.15) is 0 Å². The summed E-state index contributed by atoms with van der Waals surface area (Å²) < 4.78 is 32.3. The zero-order valence-corrected chi connectivity index (χ0v) is 18.6. The standard InChI is InChI=1S/C25H20O10/c1-25-15-5-3-13-9-17(15)35-24(29)22(25)20-14-4-2-12(8-16(14)34-23(28)21(20)25)32-10-18(26)30-6-7-31-19(27)11-33-13/h2-5,8-9,20-22H,6-7,10-11H2,1H3/t20-,21+,22-,25+/m1/s1. The van der Waals surface area contributed by atoms with E-state index in [1.165, 1.54) is 12.1 Å². The van der Waals surface area contributed by atoms with Gasteiger partial charge in [0.15, 0.2) is 13.2 Å². The fourth-order valence-corrected chi connectivity index (χ4v) is 5.60. The quantitative estimate of drug-likeness (QED) is 0.406. The Kier molecular flexibility index (Phi) is 4.73. The van der Waals surface area contributed by atoms with Crippen LogP contribution in [-0.4, -0.2) is 50.3 Å². The molecule has 35 heavy (non-hydrogen) atoms. The Labute approximate surface area is 199 Å². The van der Waals surface area contributed by atoms with Gasteiger partial charge in [-0.05, 0) is 12.1 Å². The molecule has 1 aliphatic carbocycles. The maximum absolute atomic E-state index is 13.1. The molecule has 0 aromatic heterocycles. The number of benzene rings is 2. The summed E-state index contributed by atoms with van der Waals surface area (Å²) in [4.78, 5) is 50.2. The van der Waals surface area contributed by atoms with Gasteiger partial charge in [0, 0.05) is 34.6 Å². The molecular formula is C25H20O10. The van der Waals surface area contributed by atoms with Crippen molar-refractivity contribution >= 4 is 23.9 Å². The normalized spacial score (nSPS) is 29.1. The smallest absolute Gasteiger partial charge is 0.344 e. The number of carbonyl (C=O) groups excluding carboxylic acids is 4. The van der Waals surface area contributed by atoms with Crippen LogP contribution in [0.5, 0.6) is 23.0 Å². The molecule has 1 fully saturated rings. The molecule has 4 atom stereocenters. The lowest BCUT2D eigenvalue weighted by molar-refractivity contribution is -0.171. The van der Waals surface area contributed by atoms with Gasteiger partial charge in [-0.15, -0.1) is 0 Å². The summed E-state index contributed by atoms with van der Waals surface area (Å²) in [6.07, 6.45) is 0. The van der Waals surface area contributed by atoms with Crippen molar-refractivity contribution in [1.82, 2.24) is 0 Å². The van der Waals surface area contributed by atoms with E-state index < -0.39 is 53.7 Å². The van der Waals surface area contributed by atoms with Gasteiger partial charge in [0.25, 0.3) is 0 Å². The first-order valence-electron chi connectivity index (χ1n) is 11.1. The average Bonchev–Trinajstić information content (AvgIpc) is 2.81. The second kappa shape index (κ2) is 7.72. The molecule has 1 saturated carbocycles. The van der Waals surface area contributed by atoms with Crippen molar-refractivity contribution in [1.29, 1.82) is 0 Å². The lowest BCUT2D eigenvalue weighted by Crippen LogP contribution is -2.66. The number of ether oxygens (including phenoxy) is 6. The number of carbonyl (C=O) groups is 4. The van der Waals surface area contributed by atoms with Gasteiger partial charge in [0.2, 0.25) is 0 Å². The summed E-state index contributed by atoms with van der Waals surface area (Å²) in [5, 5.41) is 0. The van der Waals surface area contributed by atoms with Gasteiger partial charge in [-0.1, -0.05) is 19.1 Å². The molecule has 2 aromatic rings. The maximum Gasteiger partial charge on any atom is 0.344 e. The van der Waals surface area contributed by atoms with E-state index in [2.05, 4.69) is 0 Å². The summed E-state index contributed by atoms with van der Waals surface area (Å²) >= 11 is 0. The third-order valence-electron chi connectivity index (χ3n) is 7.14. The maximum atomic E-state index is 13.1. The first-order valence-corrected chi connectivity index (χ1v) is 11.1. The summed E-state index contributed by atoms with van der Waals surface area (Å²) in [5.41, 5.74) is 0.563. The molecule has 5 aliphatic heterocycles. The lowest BCUT2D eigenvalue weighted by atomic mass is 9.42. The van der Waals surface area contributed by atoms with Crippen LogP contribution in [0.1, 0.15) is 24.0 Å². The van der Waals surface area contributed by atoms with Crippen molar-refractivity contribution in [2.75, 3.05) is 26.4 Å². The molecule has 0 saturated heterocycles. The highest BCUT2D eigenvalue weighted by molar-refractivity contribution is 5.93. The number of esters is 4. The Hall–Kier alpha value is -4.08. The summed E-state index contributed by atoms with van der Waals surface area (Å²) in [5.74, 6) is -2.68. The number of hydrogen-bond donors (Lipinski definition) is 0. The van der Waals surface area contributed by atoms with Gasteiger partial charge in [0.05, 0.1) is 11.8 Å². The number of fused-ring (bicyclic) bond motifs is 2. The molecule has 0 N–H and O–H groups in total. The minimum absolute atomic E-state index is 0.145. The van der Waals surface area contributed by atoms with Crippen molar-refractivity contribution < 1.29 is 47.6 Å². The second-order valence-corrected chi connectivity index (χ2v) is 8.98. The summed E-state index contributed by atoms with van der Waals surface area (Å²) in [6, 6.07) is 9.81. The summed E-state index contributed by atoms with van der Waals surface area (Å²) in [6.45, 7) is 0.790. The van der Waals surface area contributed by atoms with Crippen LogP contribution in [0, 0.1) is 11.8 Å². The van der Waals surface area contributed by atoms with E-state index in [0.717, 1.165) is 0 Å². The van der Waals surface area contributed by atoms with Crippen LogP contribution in [0.2, 0.25) is 0 Å². The molecule has 0 unspecified atom stereocenters. The van der Waals surface area contributed by atoms with Crippen molar-refractivity contribution in [3.05, 3.63) is 47.5 Å². The first kappa shape index (κ1) is 21.5. The molecule has 6 aliphatic rings. The fraction of sp³-hybridized carbons (Fsp3) is 0.360. The largest absolute Gasteiger partial charge is 0.482 e. The lowest BCUT2D eigenvalue weighted by Gasteiger charge is -2.60. The average molecular weight is 480 g/mol. The van der Waals surface area contributed by atoms with Crippen molar-refractivity contribution in [3.63, 3.8) is 0 Å². The summed E-state index contributed by atoms with van der Waals surface area (Å²) in [7, 11) is 0. The molecule has 180 valence electrons. The Bertz CT molecular complexity index is 1270. The van der Waals surface area contributed by atoms with E-state index in [0.29, 0.717) is 22.6 Å². The molecular weight excluding hydrogens is 460 g/mol. The monoisotopic (exact) mass is 480 g/mol. The SMILES string of the molecule is C[C@@]12c3ccc4cc3OC(=O)[C@H]1[C@@H]1c3ccc(cc3OC(=O)[C@H]12)OCC(=O)OCCOC(=O)CO4. The van der Waals surface area contributed by atoms with Gasteiger partial charge in [0.1, 0.15) is 36.2 Å². The molecule has 0 spiro atoms. The van der Waals surface area contributed by atoms with Crippen molar-refractivity contribution in [2.45, 2.75) is 18.3 Å². The Balaban J connectivity index is 1.41. The van der Waals surface area contributed by atoms with Crippen LogP contribution in [0.15, 0.2) is 36.4 Å². The molecule has 10 nitrogen and oxygen atoms in total. The third-order valence-corrected chi connectivity index (χ3v) is 7.14. The highest BCUT2D eigenvalue weighted by Crippen LogP contribution is 2.68. The predicted octanol–water partition coefficient (Wildman–Crippen LogP) is 1.67. The third kappa shape index (κ3) is 3.23. The fourth-order valence-electron chi connectivity index (χ4n) is 5.60. The minimum Gasteiger partial charge on any atom is -0.482 e. The Morgan fingerprint density at radius 3 is 1.89 bits per heavy atom. The van der Waals surface area contributed by atoms with Gasteiger partial charge < -0.3 is 28.4 Å². The van der Waals surface area contributed by atoms with E-state index in [1.54, 1.807) is 24.3 Å². The second-order valence-electron chi connectivity index (χ2n) is 8.98. The molecule has 2 aromatic carbocycles. The van der Waals surface area contributed by atoms with Gasteiger partial charge >= 0.3 is 23.9 Å². The number of hydrogen-bond acceptors (Lipinski definition) is 10. The topological polar surface area (TPSA) is 124 Å². The van der Waals surface area contributed by atoms with E-state index in [9.17, 15) is 19.2 Å². The van der Waals surface area contributed by atoms with E-state index in [-0.39, 0.29) is 31.3 Å². The molecule has 8 rings (SSSR count). The van der Waals surface area contributed by atoms with E-state index in [4.69, 9.17) is 28.4 Å². The van der Waals surface area contributed by atoms with Crippen molar-refractivity contribution in [2.24, 2.45) is 11.8 Å². The van der Waals surface area contributed by atoms with Crippen LogP contribution in [-0.2, 0) is 34.1 Å². The number of rotatable bonds is 0. The van der Waals surface area contributed by atoms with Crippen LogP contribution in [0.3, 0.4) is 0 Å². The Morgan fingerprint density at radius 2 is 1.26 bits per heavy atom. The van der Waals surface area contributed by atoms with E-state index >= 15 is 0 Å². The van der Waals surface area contributed by atoms with Gasteiger partial charge in [-0.3, -0.25) is 9.59 Å². The van der Waals surface area contributed by atoms with Crippen LogP contribution < -0.4 is 18.9 Å². The molecule has 0 amide bonds. The Morgan fingerprint density at radius 1 is 0.714 bits per heavy atom. The zero-order valence-electron chi connectivity index (χ0n) is 18.6. The molecule has 5 heterocycles. The highest BCUT2D eigenvalue weighted by Gasteiger charge is 2.71. The van der Waals surface area contributed by atoms with Crippen molar-refractivity contribution in [3.8, 4) is 23.0 Å².